The zero-order valence-corrected chi connectivity index (χ0v) is 13.0. The Morgan fingerprint density at radius 2 is 2.29 bits per heavy atom. The Bertz CT molecular complexity index is 640. The lowest BCUT2D eigenvalue weighted by Gasteiger charge is -2.09. The molecule has 0 amide bonds. The van der Waals surface area contributed by atoms with Gasteiger partial charge in [0.05, 0.1) is 24.2 Å². The molecule has 0 saturated carbocycles. The molecule has 0 atom stereocenters. The number of nitrogens with one attached hydrogen (secondary N) is 1. The Hall–Kier alpha value is -2.15. The SMILES string of the molecule is CCOC(=O)c1cc(N)cnc1Nc1nc(C(C)C)cs1. The Morgan fingerprint density at radius 3 is 2.90 bits per heavy atom. The molecule has 0 saturated heterocycles. The van der Waals surface area contributed by atoms with Gasteiger partial charge >= 0.3 is 5.97 Å². The van der Waals surface area contributed by atoms with Crippen LogP contribution in [0.3, 0.4) is 0 Å². The molecule has 7 heteroatoms. The van der Waals surface area contributed by atoms with Gasteiger partial charge in [-0.15, -0.1) is 11.3 Å². The predicted octanol–water partition coefficient (Wildman–Crippen LogP) is 3.16. The van der Waals surface area contributed by atoms with Crippen LogP contribution in [0.15, 0.2) is 17.6 Å². The summed E-state index contributed by atoms with van der Waals surface area (Å²) in [5.74, 6) is 0.286. The van der Waals surface area contributed by atoms with Crippen molar-refractivity contribution in [2.75, 3.05) is 17.7 Å². The summed E-state index contributed by atoms with van der Waals surface area (Å²) in [6, 6.07) is 1.55. The quantitative estimate of drug-likeness (QED) is 0.825. The number of aromatic nitrogens is 2. The first kappa shape index (κ1) is 15.2. The molecule has 2 rings (SSSR count). The number of anilines is 3. The van der Waals surface area contributed by atoms with E-state index in [0.717, 1.165) is 5.69 Å². The van der Waals surface area contributed by atoms with Crippen LogP contribution in [0, 0.1) is 0 Å². The molecule has 2 aromatic rings. The summed E-state index contributed by atoms with van der Waals surface area (Å²) in [6.45, 7) is 6.19. The van der Waals surface area contributed by atoms with Gasteiger partial charge in [-0.3, -0.25) is 0 Å². The van der Waals surface area contributed by atoms with Gasteiger partial charge in [-0.05, 0) is 18.9 Å². The second-order valence-electron chi connectivity index (χ2n) is 4.74. The normalized spacial score (nSPS) is 10.7. The molecule has 0 fully saturated rings. The molecule has 0 aliphatic carbocycles. The van der Waals surface area contributed by atoms with Crippen molar-refractivity contribution in [1.82, 2.24) is 9.97 Å². The first-order chi connectivity index (χ1) is 10.0. The highest BCUT2D eigenvalue weighted by Crippen LogP contribution is 2.26. The summed E-state index contributed by atoms with van der Waals surface area (Å²) >= 11 is 1.47. The van der Waals surface area contributed by atoms with E-state index >= 15 is 0 Å². The van der Waals surface area contributed by atoms with E-state index in [9.17, 15) is 4.79 Å². The molecule has 0 unspecified atom stereocenters. The number of pyridine rings is 1. The van der Waals surface area contributed by atoms with Crippen molar-refractivity contribution in [3.05, 3.63) is 28.9 Å². The van der Waals surface area contributed by atoms with Gasteiger partial charge < -0.3 is 15.8 Å². The number of esters is 1. The van der Waals surface area contributed by atoms with Crippen LogP contribution in [0.1, 0.15) is 42.7 Å². The molecule has 6 nitrogen and oxygen atoms in total. The van der Waals surface area contributed by atoms with Crippen LogP contribution in [0.25, 0.3) is 0 Å². The number of hydrogen-bond donors (Lipinski definition) is 2. The lowest BCUT2D eigenvalue weighted by molar-refractivity contribution is 0.0527. The summed E-state index contributed by atoms with van der Waals surface area (Å²) in [4.78, 5) is 20.6. The highest BCUT2D eigenvalue weighted by Gasteiger charge is 2.16. The third kappa shape index (κ3) is 3.69. The molecular formula is C14H18N4O2S. The first-order valence-corrected chi connectivity index (χ1v) is 7.54. The molecular weight excluding hydrogens is 288 g/mol. The van der Waals surface area contributed by atoms with Crippen LogP contribution in [-0.2, 0) is 4.74 Å². The van der Waals surface area contributed by atoms with Crippen molar-refractivity contribution in [3.8, 4) is 0 Å². The number of nitrogens with zero attached hydrogens (tertiary/aromatic N) is 2. The zero-order valence-electron chi connectivity index (χ0n) is 12.2. The maximum absolute atomic E-state index is 11.9. The van der Waals surface area contributed by atoms with Gasteiger partial charge in [0.25, 0.3) is 0 Å². The van der Waals surface area contributed by atoms with E-state index in [-0.39, 0.29) is 0 Å². The molecule has 0 radical (unpaired) electrons. The van der Waals surface area contributed by atoms with Crippen LogP contribution >= 0.6 is 11.3 Å². The number of nitrogens with two attached hydrogens (primary N) is 1. The summed E-state index contributed by atoms with van der Waals surface area (Å²) in [6.07, 6.45) is 1.49. The van der Waals surface area contributed by atoms with Crippen molar-refractivity contribution < 1.29 is 9.53 Å². The number of ether oxygens (including phenoxy) is 1. The number of thiazole rings is 1. The smallest absolute Gasteiger partial charge is 0.341 e. The van der Waals surface area contributed by atoms with E-state index in [1.807, 2.05) is 5.38 Å². The van der Waals surface area contributed by atoms with E-state index in [4.69, 9.17) is 10.5 Å². The molecule has 21 heavy (non-hydrogen) atoms. The van der Waals surface area contributed by atoms with Crippen molar-refractivity contribution in [1.29, 1.82) is 0 Å². The second kappa shape index (κ2) is 6.53. The second-order valence-corrected chi connectivity index (χ2v) is 5.60. The van der Waals surface area contributed by atoms with Crippen molar-refractivity contribution in [2.24, 2.45) is 0 Å². The summed E-state index contributed by atoms with van der Waals surface area (Å²) in [5, 5.41) is 5.72. The molecule has 0 bridgehead atoms. The summed E-state index contributed by atoms with van der Waals surface area (Å²) in [7, 11) is 0. The monoisotopic (exact) mass is 306 g/mol. The Labute approximate surface area is 127 Å². The third-order valence-electron chi connectivity index (χ3n) is 2.74. The predicted molar refractivity (Wildman–Crippen MR) is 84.1 cm³/mol. The molecule has 112 valence electrons. The average molecular weight is 306 g/mol. The fraction of sp³-hybridized carbons (Fsp3) is 0.357. The van der Waals surface area contributed by atoms with Crippen LogP contribution < -0.4 is 11.1 Å². The van der Waals surface area contributed by atoms with Gasteiger partial charge in [0.2, 0.25) is 0 Å². The largest absolute Gasteiger partial charge is 0.462 e. The third-order valence-corrected chi connectivity index (χ3v) is 3.52. The Balaban J connectivity index is 2.28. The molecule has 2 aromatic heterocycles. The first-order valence-electron chi connectivity index (χ1n) is 6.66. The minimum Gasteiger partial charge on any atom is -0.462 e. The molecule has 0 aromatic carbocycles. The number of rotatable bonds is 5. The summed E-state index contributed by atoms with van der Waals surface area (Å²) < 4.78 is 5.01. The van der Waals surface area contributed by atoms with Gasteiger partial charge in [-0.25, -0.2) is 14.8 Å². The van der Waals surface area contributed by atoms with Gasteiger partial charge in [0.1, 0.15) is 11.4 Å². The topological polar surface area (TPSA) is 90.1 Å². The molecule has 0 spiro atoms. The lowest BCUT2D eigenvalue weighted by Crippen LogP contribution is -2.10. The minimum atomic E-state index is -0.458. The van der Waals surface area contributed by atoms with E-state index < -0.39 is 5.97 Å². The maximum Gasteiger partial charge on any atom is 0.341 e. The highest BCUT2D eigenvalue weighted by molar-refractivity contribution is 7.13. The van der Waals surface area contributed by atoms with Gasteiger partial charge in [0, 0.05) is 5.38 Å². The van der Waals surface area contributed by atoms with Crippen molar-refractivity contribution >= 4 is 33.9 Å². The van der Waals surface area contributed by atoms with E-state index in [0.29, 0.717) is 34.7 Å². The van der Waals surface area contributed by atoms with Crippen LogP contribution in [0.4, 0.5) is 16.6 Å². The average Bonchev–Trinajstić information content (AvgIpc) is 2.90. The standard InChI is InChI=1S/C14H18N4O2S/c1-4-20-13(19)10-5-9(15)6-16-12(10)18-14-17-11(7-21-14)8(2)3/h5-8H,4,15H2,1-3H3,(H,16,17,18). The number of carbonyl (C=O) groups is 1. The number of hydrogen-bond acceptors (Lipinski definition) is 7. The number of nitrogen functional groups attached to an aromatic ring is 1. The Morgan fingerprint density at radius 1 is 1.52 bits per heavy atom. The number of carbonyl (C=O) groups excluding carboxylic acids is 1. The van der Waals surface area contributed by atoms with Gasteiger partial charge in [-0.2, -0.15) is 0 Å². The van der Waals surface area contributed by atoms with E-state index in [1.165, 1.54) is 17.5 Å². The van der Waals surface area contributed by atoms with Gasteiger partial charge in [0.15, 0.2) is 5.13 Å². The molecule has 0 aliphatic heterocycles. The zero-order chi connectivity index (χ0) is 15.4. The van der Waals surface area contributed by atoms with E-state index in [1.54, 1.807) is 13.0 Å². The van der Waals surface area contributed by atoms with Crippen LogP contribution in [-0.4, -0.2) is 22.5 Å². The van der Waals surface area contributed by atoms with E-state index in [2.05, 4.69) is 29.1 Å². The fourth-order valence-electron chi connectivity index (χ4n) is 1.66. The van der Waals surface area contributed by atoms with Crippen LogP contribution in [0.5, 0.6) is 0 Å². The van der Waals surface area contributed by atoms with Crippen molar-refractivity contribution in [2.45, 2.75) is 26.7 Å². The molecule has 3 N–H and O–H groups in total. The highest BCUT2D eigenvalue weighted by atomic mass is 32.1. The Kier molecular flexibility index (Phi) is 4.74. The molecule has 0 aliphatic rings. The van der Waals surface area contributed by atoms with Crippen LogP contribution in [0.2, 0.25) is 0 Å². The fourth-order valence-corrected chi connectivity index (χ4v) is 2.53. The lowest BCUT2D eigenvalue weighted by atomic mass is 10.2. The minimum absolute atomic E-state index is 0.293. The molecule has 2 heterocycles. The van der Waals surface area contributed by atoms with Gasteiger partial charge in [-0.1, -0.05) is 13.8 Å². The maximum atomic E-state index is 11.9. The summed E-state index contributed by atoms with van der Waals surface area (Å²) in [5.41, 5.74) is 7.40. The van der Waals surface area contributed by atoms with Crippen molar-refractivity contribution in [3.63, 3.8) is 0 Å².